The molecule has 1 fully saturated rings. The minimum absolute atomic E-state index is 0.421. The smallest absolute Gasteiger partial charge is 0.316 e. The topological polar surface area (TPSA) is 56.1 Å². The molecular formula is C18H25N5O. The Labute approximate surface area is 142 Å². The Kier molecular flexibility index (Phi) is 4.47. The van der Waals surface area contributed by atoms with Gasteiger partial charge in [0.05, 0.1) is 18.6 Å². The third-order valence-electron chi connectivity index (χ3n) is 5.12. The summed E-state index contributed by atoms with van der Waals surface area (Å²) in [6, 6.07) is 2.37. The highest BCUT2D eigenvalue weighted by Gasteiger charge is 2.26. The molecule has 0 amide bonds. The lowest BCUT2D eigenvalue weighted by molar-refractivity contribution is 0.130. The zero-order chi connectivity index (χ0) is 16.4. The van der Waals surface area contributed by atoms with Gasteiger partial charge in [0.1, 0.15) is 0 Å². The maximum Gasteiger partial charge on any atom is 0.316 e. The lowest BCUT2D eigenvalue weighted by Gasteiger charge is -2.32. The molecule has 24 heavy (non-hydrogen) atoms. The molecule has 0 radical (unpaired) electrons. The Hall–Kier alpha value is -1.95. The van der Waals surface area contributed by atoms with Gasteiger partial charge in [0.2, 0.25) is 0 Å². The molecule has 2 aromatic heterocycles. The number of nitrogens with zero attached hydrogens (tertiary/aromatic N) is 5. The summed E-state index contributed by atoms with van der Waals surface area (Å²) < 4.78 is 8.15. The van der Waals surface area contributed by atoms with E-state index in [0.29, 0.717) is 18.5 Å². The van der Waals surface area contributed by atoms with Gasteiger partial charge in [-0.05, 0) is 31.7 Å². The molecule has 2 aromatic rings. The van der Waals surface area contributed by atoms with Crippen LogP contribution in [0.3, 0.4) is 0 Å². The van der Waals surface area contributed by atoms with E-state index in [1.807, 2.05) is 25.5 Å². The molecule has 4 rings (SSSR count). The van der Waals surface area contributed by atoms with Crippen molar-refractivity contribution in [3.8, 4) is 6.01 Å². The van der Waals surface area contributed by atoms with Gasteiger partial charge >= 0.3 is 6.01 Å². The molecule has 128 valence electrons. The normalized spacial score (nSPS) is 21.8. The van der Waals surface area contributed by atoms with Crippen LogP contribution in [-0.4, -0.2) is 44.1 Å². The van der Waals surface area contributed by atoms with Gasteiger partial charge in [-0.25, -0.2) is 15.0 Å². The number of rotatable bonds is 5. The molecule has 0 saturated heterocycles. The predicted molar refractivity (Wildman–Crippen MR) is 90.6 cm³/mol. The molecule has 1 aliphatic heterocycles. The van der Waals surface area contributed by atoms with Crippen LogP contribution in [0, 0.1) is 18.8 Å². The van der Waals surface area contributed by atoms with Crippen LogP contribution in [0.2, 0.25) is 0 Å². The van der Waals surface area contributed by atoms with Crippen molar-refractivity contribution in [2.75, 3.05) is 19.7 Å². The molecule has 0 bridgehead atoms. The largest absolute Gasteiger partial charge is 0.463 e. The standard InChI is InChI=1S/C18H25N5O/c1-14-5-6-20-18(21-14)24-12-16-9-22(8-15-3-2-4-15)11-17-7-19-13-23(17)10-16/h5-7,13,15-16H,2-4,8-12H2,1H3. The average molecular weight is 327 g/mol. The fourth-order valence-electron chi connectivity index (χ4n) is 3.61. The number of hydrogen-bond acceptors (Lipinski definition) is 5. The van der Waals surface area contributed by atoms with E-state index >= 15 is 0 Å². The highest BCUT2D eigenvalue weighted by atomic mass is 16.5. The Balaban J connectivity index is 1.42. The third kappa shape index (κ3) is 3.59. The summed E-state index contributed by atoms with van der Waals surface area (Å²) >= 11 is 0. The first-order valence-corrected chi connectivity index (χ1v) is 8.90. The van der Waals surface area contributed by atoms with Gasteiger partial charge in [-0.3, -0.25) is 4.90 Å². The summed E-state index contributed by atoms with van der Waals surface area (Å²) in [5.41, 5.74) is 2.24. The fraction of sp³-hybridized carbons (Fsp3) is 0.611. The number of aryl methyl sites for hydroxylation is 1. The second-order valence-corrected chi connectivity index (χ2v) is 7.19. The van der Waals surface area contributed by atoms with Gasteiger partial charge in [0, 0.05) is 50.2 Å². The van der Waals surface area contributed by atoms with Gasteiger partial charge in [0.15, 0.2) is 0 Å². The first kappa shape index (κ1) is 15.6. The molecule has 1 atom stereocenters. The summed E-state index contributed by atoms with van der Waals surface area (Å²) in [6.45, 7) is 6.80. The van der Waals surface area contributed by atoms with E-state index in [-0.39, 0.29) is 0 Å². The highest BCUT2D eigenvalue weighted by Crippen LogP contribution is 2.28. The maximum absolute atomic E-state index is 5.88. The highest BCUT2D eigenvalue weighted by molar-refractivity contribution is 5.04. The lowest BCUT2D eigenvalue weighted by atomic mass is 9.85. The van der Waals surface area contributed by atoms with Gasteiger partial charge in [-0.15, -0.1) is 0 Å². The quantitative estimate of drug-likeness (QED) is 0.843. The molecule has 1 saturated carbocycles. The molecule has 0 spiro atoms. The van der Waals surface area contributed by atoms with Crippen LogP contribution in [-0.2, 0) is 13.1 Å². The molecule has 6 heteroatoms. The zero-order valence-electron chi connectivity index (χ0n) is 14.3. The number of aromatic nitrogens is 4. The van der Waals surface area contributed by atoms with Crippen LogP contribution in [0.15, 0.2) is 24.8 Å². The van der Waals surface area contributed by atoms with Crippen molar-refractivity contribution >= 4 is 0 Å². The van der Waals surface area contributed by atoms with Crippen LogP contribution in [0.5, 0.6) is 6.01 Å². The maximum atomic E-state index is 5.88. The van der Waals surface area contributed by atoms with Gasteiger partial charge in [0.25, 0.3) is 0 Å². The molecule has 1 unspecified atom stereocenters. The summed E-state index contributed by atoms with van der Waals surface area (Å²) in [5.74, 6) is 1.30. The van der Waals surface area contributed by atoms with Crippen LogP contribution >= 0.6 is 0 Å². The predicted octanol–water partition coefficient (Wildman–Crippen LogP) is 2.29. The Bertz CT molecular complexity index is 682. The zero-order valence-corrected chi connectivity index (χ0v) is 14.3. The second kappa shape index (κ2) is 6.89. The van der Waals surface area contributed by atoms with Crippen LogP contribution < -0.4 is 4.74 Å². The van der Waals surface area contributed by atoms with Crippen LogP contribution in [0.25, 0.3) is 0 Å². The lowest BCUT2D eigenvalue weighted by Crippen LogP contribution is -2.36. The van der Waals surface area contributed by atoms with Gasteiger partial charge < -0.3 is 9.30 Å². The SMILES string of the molecule is Cc1ccnc(OCC2CN(CC3CCC3)Cc3cncn3C2)n1. The molecule has 1 aliphatic carbocycles. The van der Waals surface area contributed by atoms with Crippen molar-refractivity contribution in [3.05, 3.63) is 36.2 Å². The van der Waals surface area contributed by atoms with E-state index in [4.69, 9.17) is 4.74 Å². The number of ether oxygens (including phenoxy) is 1. The second-order valence-electron chi connectivity index (χ2n) is 7.19. The van der Waals surface area contributed by atoms with E-state index < -0.39 is 0 Å². The monoisotopic (exact) mass is 327 g/mol. The molecule has 0 N–H and O–H groups in total. The molecule has 6 nitrogen and oxygen atoms in total. The Morgan fingerprint density at radius 1 is 1.25 bits per heavy atom. The summed E-state index contributed by atoms with van der Waals surface area (Å²) in [6.07, 6.45) is 9.86. The number of imidazole rings is 1. The fourth-order valence-corrected chi connectivity index (χ4v) is 3.61. The number of hydrogen-bond donors (Lipinski definition) is 0. The molecule has 0 aromatic carbocycles. The van der Waals surface area contributed by atoms with Crippen molar-refractivity contribution in [3.63, 3.8) is 0 Å². The average Bonchev–Trinajstić information content (AvgIpc) is 2.88. The first-order valence-electron chi connectivity index (χ1n) is 8.90. The Morgan fingerprint density at radius 2 is 2.17 bits per heavy atom. The van der Waals surface area contributed by atoms with Crippen molar-refractivity contribution < 1.29 is 4.74 Å². The molecular weight excluding hydrogens is 302 g/mol. The van der Waals surface area contributed by atoms with Crippen molar-refractivity contribution in [2.45, 2.75) is 39.3 Å². The molecule has 2 aliphatic rings. The van der Waals surface area contributed by atoms with E-state index in [2.05, 4.69) is 24.4 Å². The van der Waals surface area contributed by atoms with Crippen LogP contribution in [0.1, 0.15) is 30.7 Å². The van der Waals surface area contributed by atoms with E-state index in [1.54, 1.807) is 6.20 Å². The van der Waals surface area contributed by atoms with Crippen molar-refractivity contribution in [2.24, 2.45) is 11.8 Å². The summed E-state index contributed by atoms with van der Waals surface area (Å²) in [7, 11) is 0. The minimum Gasteiger partial charge on any atom is -0.463 e. The van der Waals surface area contributed by atoms with E-state index in [1.165, 1.54) is 31.5 Å². The first-order chi connectivity index (χ1) is 11.8. The van der Waals surface area contributed by atoms with Gasteiger partial charge in [-0.2, -0.15) is 0 Å². The minimum atomic E-state index is 0.421. The van der Waals surface area contributed by atoms with Crippen molar-refractivity contribution in [1.82, 2.24) is 24.4 Å². The van der Waals surface area contributed by atoms with Gasteiger partial charge in [-0.1, -0.05) is 6.42 Å². The van der Waals surface area contributed by atoms with E-state index in [0.717, 1.165) is 31.2 Å². The third-order valence-corrected chi connectivity index (χ3v) is 5.12. The summed E-state index contributed by atoms with van der Waals surface area (Å²) in [5, 5.41) is 0. The summed E-state index contributed by atoms with van der Waals surface area (Å²) in [4.78, 5) is 15.5. The molecule has 3 heterocycles. The van der Waals surface area contributed by atoms with Crippen molar-refractivity contribution in [1.29, 1.82) is 0 Å². The van der Waals surface area contributed by atoms with Crippen LogP contribution in [0.4, 0.5) is 0 Å². The van der Waals surface area contributed by atoms with E-state index in [9.17, 15) is 0 Å². The number of fused-ring (bicyclic) bond motifs is 1. The Morgan fingerprint density at radius 3 is 2.96 bits per heavy atom.